The molecule has 0 aliphatic carbocycles. The van der Waals surface area contributed by atoms with E-state index in [4.69, 9.17) is 0 Å². The third kappa shape index (κ3) is 2.96. The Morgan fingerprint density at radius 2 is 2.25 bits per heavy atom. The van der Waals surface area contributed by atoms with Gasteiger partial charge in [-0.25, -0.2) is 0 Å². The Hall–Kier alpha value is -2.36. The lowest BCUT2D eigenvalue weighted by Gasteiger charge is -2.19. The van der Waals surface area contributed by atoms with Crippen molar-refractivity contribution in [3.05, 3.63) is 52.5 Å². The average Bonchev–Trinajstić information content (AvgIpc) is 2.49. The van der Waals surface area contributed by atoms with Crippen LogP contribution in [0.1, 0.15) is 23.7 Å². The van der Waals surface area contributed by atoms with E-state index in [2.05, 4.69) is 21.7 Å². The minimum Gasteiger partial charge on any atom is -0.390 e. The number of likely N-dealkylation sites (N-methyl/N-ethyl adjacent to an activating group) is 1. The number of hydrogen-bond donors (Lipinski definition) is 2. The van der Waals surface area contributed by atoms with Gasteiger partial charge in [0, 0.05) is 41.5 Å². The van der Waals surface area contributed by atoms with Crippen LogP contribution in [0.4, 0.5) is 0 Å². The number of nitrogens with one attached hydrogen (secondary N) is 2. The van der Waals surface area contributed by atoms with E-state index in [9.17, 15) is 4.79 Å². The first-order valence-corrected chi connectivity index (χ1v) is 6.57. The molecular weight excluding hydrogens is 250 g/mol. The Morgan fingerprint density at radius 1 is 1.45 bits per heavy atom. The summed E-state index contributed by atoms with van der Waals surface area (Å²) in [5, 5.41) is 6.51. The van der Waals surface area contributed by atoms with Crippen LogP contribution >= 0.6 is 0 Å². The summed E-state index contributed by atoms with van der Waals surface area (Å²) in [7, 11) is 1.91. The van der Waals surface area contributed by atoms with E-state index in [0.717, 1.165) is 41.0 Å². The standard InChI is InChI=1S/C16H19N3O/c1-11(10-20)8-15-12(2)18-7-6-14(15)16-5-4-13(17-3)9-19-16/h4-8,10,17,19H,9H2,1-3H3/b11-8+. The highest BCUT2D eigenvalue weighted by atomic mass is 16.1. The summed E-state index contributed by atoms with van der Waals surface area (Å²) in [6, 6.07) is 1.97. The fourth-order valence-electron chi connectivity index (χ4n) is 2.11. The smallest absolute Gasteiger partial charge is 0.145 e. The SMILES string of the molecule is CNC1=CC=C(c2ccnc(C)c2/C=C(\C)C=O)NC1. The van der Waals surface area contributed by atoms with Gasteiger partial charge in [-0.05, 0) is 43.7 Å². The van der Waals surface area contributed by atoms with Gasteiger partial charge >= 0.3 is 0 Å². The summed E-state index contributed by atoms with van der Waals surface area (Å²) in [4.78, 5) is 15.2. The molecule has 104 valence electrons. The zero-order chi connectivity index (χ0) is 14.5. The van der Waals surface area contributed by atoms with Gasteiger partial charge in [-0.1, -0.05) is 0 Å². The van der Waals surface area contributed by atoms with Crippen LogP contribution in [-0.2, 0) is 4.79 Å². The molecule has 0 spiro atoms. The number of carbonyl (C=O) groups excluding carboxylic acids is 1. The van der Waals surface area contributed by atoms with E-state index >= 15 is 0 Å². The van der Waals surface area contributed by atoms with Crippen molar-refractivity contribution in [1.29, 1.82) is 0 Å². The molecule has 1 aliphatic rings. The highest BCUT2D eigenvalue weighted by Gasteiger charge is 2.12. The summed E-state index contributed by atoms with van der Waals surface area (Å²) in [6.07, 6.45) is 8.62. The molecule has 2 rings (SSSR count). The van der Waals surface area contributed by atoms with Gasteiger partial charge in [-0.2, -0.15) is 0 Å². The van der Waals surface area contributed by atoms with Crippen LogP contribution in [-0.4, -0.2) is 24.9 Å². The number of allylic oxidation sites excluding steroid dienone is 3. The van der Waals surface area contributed by atoms with E-state index < -0.39 is 0 Å². The van der Waals surface area contributed by atoms with E-state index in [0.29, 0.717) is 5.57 Å². The van der Waals surface area contributed by atoms with Crippen LogP contribution in [0.5, 0.6) is 0 Å². The van der Waals surface area contributed by atoms with Gasteiger partial charge in [0.25, 0.3) is 0 Å². The maximum absolute atomic E-state index is 10.9. The number of pyridine rings is 1. The Morgan fingerprint density at radius 3 is 2.85 bits per heavy atom. The maximum Gasteiger partial charge on any atom is 0.145 e. The average molecular weight is 269 g/mol. The molecule has 1 aliphatic heterocycles. The van der Waals surface area contributed by atoms with Crippen molar-refractivity contribution >= 4 is 18.1 Å². The third-order valence-corrected chi connectivity index (χ3v) is 3.28. The monoisotopic (exact) mass is 269 g/mol. The Bertz CT molecular complexity index is 612. The predicted octanol–water partition coefficient (Wildman–Crippen LogP) is 2.04. The molecule has 0 radical (unpaired) electrons. The van der Waals surface area contributed by atoms with Gasteiger partial charge in [0.15, 0.2) is 0 Å². The quantitative estimate of drug-likeness (QED) is 0.649. The second-order valence-corrected chi connectivity index (χ2v) is 4.74. The van der Waals surface area contributed by atoms with Crippen molar-refractivity contribution in [2.24, 2.45) is 0 Å². The number of nitrogens with zero attached hydrogens (tertiary/aromatic N) is 1. The number of carbonyl (C=O) groups is 1. The Kier molecular flexibility index (Phi) is 4.35. The van der Waals surface area contributed by atoms with Crippen LogP contribution in [0, 0.1) is 6.92 Å². The summed E-state index contributed by atoms with van der Waals surface area (Å²) in [5.74, 6) is 0. The van der Waals surface area contributed by atoms with Crippen LogP contribution in [0.15, 0.2) is 35.7 Å². The molecule has 20 heavy (non-hydrogen) atoms. The lowest BCUT2D eigenvalue weighted by Crippen LogP contribution is -2.25. The molecule has 0 amide bonds. The van der Waals surface area contributed by atoms with Crippen molar-refractivity contribution in [2.75, 3.05) is 13.6 Å². The maximum atomic E-state index is 10.9. The molecule has 0 unspecified atom stereocenters. The first-order chi connectivity index (χ1) is 9.65. The number of aryl methyl sites for hydroxylation is 1. The normalized spacial score (nSPS) is 15.1. The summed E-state index contributed by atoms with van der Waals surface area (Å²) < 4.78 is 0. The van der Waals surface area contributed by atoms with Gasteiger partial charge in [0.1, 0.15) is 6.29 Å². The molecule has 0 saturated heterocycles. The summed E-state index contributed by atoms with van der Waals surface area (Å²) >= 11 is 0. The van der Waals surface area contributed by atoms with Crippen molar-refractivity contribution < 1.29 is 4.79 Å². The zero-order valence-electron chi connectivity index (χ0n) is 12.0. The summed E-state index contributed by atoms with van der Waals surface area (Å²) in [6.45, 7) is 4.51. The van der Waals surface area contributed by atoms with Crippen LogP contribution in [0.2, 0.25) is 0 Å². The Balaban J connectivity index is 2.48. The van der Waals surface area contributed by atoms with E-state index in [1.807, 2.05) is 32.2 Å². The molecule has 1 aromatic heterocycles. The van der Waals surface area contributed by atoms with Crippen molar-refractivity contribution in [2.45, 2.75) is 13.8 Å². The number of dihydropyridines is 1. The first-order valence-electron chi connectivity index (χ1n) is 6.57. The van der Waals surface area contributed by atoms with Crippen LogP contribution < -0.4 is 10.6 Å². The Labute approximate surface area is 119 Å². The van der Waals surface area contributed by atoms with Crippen LogP contribution in [0.3, 0.4) is 0 Å². The highest BCUT2D eigenvalue weighted by molar-refractivity contribution is 5.85. The van der Waals surface area contributed by atoms with Gasteiger partial charge in [0.2, 0.25) is 0 Å². The molecule has 2 heterocycles. The molecule has 0 bridgehead atoms. The largest absolute Gasteiger partial charge is 0.390 e. The lowest BCUT2D eigenvalue weighted by atomic mass is 10.0. The predicted molar refractivity (Wildman–Crippen MR) is 81.8 cm³/mol. The minimum atomic E-state index is 0.685. The molecule has 4 nitrogen and oxygen atoms in total. The summed E-state index contributed by atoms with van der Waals surface area (Å²) in [5.41, 5.74) is 5.82. The molecule has 4 heteroatoms. The van der Waals surface area contributed by atoms with Crippen LogP contribution in [0.25, 0.3) is 11.8 Å². The highest BCUT2D eigenvalue weighted by Crippen LogP contribution is 2.23. The van der Waals surface area contributed by atoms with Gasteiger partial charge in [-0.3, -0.25) is 9.78 Å². The molecule has 1 aromatic rings. The first kappa shape index (κ1) is 14.1. The van der Waals surface area contributed by atoms with E-state index in [1.165, 1.54) is 0 Å². The number of aromatic nitrogens is 1. The fraction of sp³-hybridized carbons (Fsp3) is 0.250. The third-order valence-electron chi connectivity index (χ3n) is 3.28. The molecule has 0 fully saturated rings. The zero-order valence-corrected chi connectivity index (χ0v) is 12.0. The number of hydrogen-bond acceptors (Lipinski definition) is 4. The molecular formula is C16H19N3O. The van der Waals surface area contributed by atoms with Gasteiger partial charge in [0.05, 0.1) is 6.54 Å². The van der Waals surface area contributed by atoms with E-state index in [-0.39, 0.29) is 0 Å². The lowest BCUT2D eigenvalue weighted by molar-refractivity contribution is -0.104. The van der Waals surface area contributed by atoms with E-state index in [1.54, 1.807) is 13.1 Å². The minimum absolute atomic E-state index is 0.685. The molecule has 0 atom stereocenters. The van der Waals surface area contributed by atoms with Crippen molar-refractivity contribution in [1.82, 2.24) is 15.6 Å². The topological polar surface area (TPSA) is 54.0 Å². The molecule has 2 N–H and O–H groups in total. The fourth-order valence-corrected chi connectivity index (χ4v) is 2.11. The second-order valence-electron chi connectivity index (χ2n) is 4.74. The second kappa shape index (κ2) is 6.19. The van der Waals surface area contributed by atoms with Gasteiger partial charge in [-0.15, -0.1) is 0 Å². The molecule has 0 saturated carbocycles. The number of rotatable bonds is 4. The molecule has 0 aromatic carbocycles. The van der Waals surface area contributed by atoms with Crippen molar-refractivity contribution in [3.63, 3.8) is 0 Å². The van der Waals surface area contributed by atoms with Gasteiger partial charge < -0.3 is 10.6 Å². The van der Waals surface area contributed by atoms with Crippen molar-refractivity contribution in [3.8, 4) is 0 Å². The number of aldehydes is 1.